The van der Waals surface area contributed by atoms with Gasteiger partial charge in [0.2, 0.25) is 0 Å². The summed E-state index contributed by atoms with van der Waals surface area (Å²) in [5.41, 5.74) is -1.62. The number of carbonyl (C=O) groups is 1. The second kappa shape index (κ2) is 8.49. The minimum atomic E-state index is -3.54. The van der Waals surface area contributed by atoms with Gasteiger partial charge >= 0.3 is 12.0 Å². The summed E-state index contributed by atoms with van der Waals surface area (Å²) in [7, 11) is -2.00. The number of hydrogen-bond acceptors (Lipinski definition) is 3. The Bertz CT molecular complexity index is 879. The van der Waals surface area contributed by atoms with Crippen LogP contribution in [0.3, 0.4) is 0 Å². The van der Waals surface area contributed by atoms with E-state index in [-0.39, 0.29) is 17.0 Å². The Balaban J connectivity index is 2.54. The predicted octanol–water partition coefficient (Wildman–Crippen LogP) is 5.18. The van der Waals surface area contributed by atoms with Gasteiger partial charge in [0.1, 0.15) is 28.1 Å². The van der Waals surface area contributed by atoms with Crippen molar-refractivity contribution in [3.05, 3.63) is 34.6 Å². The Morgan fingerprint density at radius 2 is 1.90 bits per heavy atom. The van der Waals surface area contributed by atoms with Gasteiger partial charge < -0.3 is 4.74 Å². The molecule has 1 aromatic rings. The Morgan fingerprint density at radius 3 is 2.43 bits per heavy atom. The highest BCUT2D eigenvalue weighted by Gasteiger charge is 2.55. The maximum atomic E-state index is 14.9. The van der Waals surface area contributed by atoms with Crippen LogP contribution in [0.15, 0.2) is 22.6 Å². The van der Waals surface area contributed by atoms with Crippen LogP contribution in [0.5, 0.6) is 0 Å². The topological polar surface area (TPSA) is 59.0 Å². The molecule has 10 heteroatoms. The molecule has 2 atom stereocenters. The monoisotopic (exact) mass is 466 g/mol. The van der Waals surface area contributed by atoms with Gasteiger partial charge in [0.15, 0.2) is 0 Å². The molecule has 0 aromatic heterocycles. The van der Waals surface area contributed by atoms with Gasteiger partial charge in [0, 0.05) is 6.42 Å². The van der Waals surface area contributed by atoms with Gasteiger partial charge in [-0.3, -0.25) is 4.90 Å². The molecule has 1 saturated heterocycles. The normalized spacial score (nSPS) is 21.7. The van der Waals surface area contributed by atoms with Crippen LogP contribution in [0.1, 0.15) is 47.1 Å². The number of halogens is 4. The van der Waals surface area contributed by atoms with Gasteiger partial charge in [-0.15, -0.1) is 0 Å². The number of likely N-dealkylation sites (tertiary alicyclic amines) is 1. The fraction of sp³-hybridized carbons (Fsp3) is 0.600. The average molecular weight is 467 g/mol. The van der Waals surface area contributed by atoms with E-state index >= 15 is 0 Å². The molecule has 0 saturated carbocycles. The Kier molecular flexibility index (Phi) is 6.98. The first-order valence-electron chi connectivity index (χ1n) is 9.34. The predicted molar refractivity (Wildman–Crippen MR) is 112 cm³/mol. The zero-order chi connectivity index (χ0) is 23.1. The van der Waals surface area contributed by atoms with Crippen molar-refractivity contribution in [1.82, 2.24) is 4.90 Å². The number of hydrogen-bond donors (Lipinski definition) is 0. The maximum Gasteiger partial charge on any atom is 0.411 e. The third-order valence-electron chi connectivity index (χ3n) is 4.21. The number of nitrogens with zero attached hydrogens (tertiary/aromatic N) is 2. The molecule has 1 fully saturated rings. The first-order chi connectivity index (χ1) is 13.5. The van der Waals surface area contributed by atoms with Gasteiger partial charge in [-0.2, -0.15) is 13.2 Å². The van der Waals surface area contributed by atoms with Crippen molar-refractivity contribution in [2.24, 2.45) is 4.40 Å². The van der Waals surface area contributed by atoms with Crippen LogP contribution in [-0.2, 0) is 22.1 Å². The van der Waals surface area contributed by atoms with E-state index in [0.717, 1.165) is 4.90 Å². The summed E-state index contributed by atoms with van der Waals surface area (Å²) in [5.74, 6) is -4.31. The smallest absolute Gasteiger partial charge is 0.411 e. The van der Waals surface area contributed by atoms with Crippen molar-refractivity contribution < 1.29 is 26.9 Å². The van der Waals surface area contributed by atoms with Crippen molar-refractivity contribution in [3.8, 4) is 0 Å². The fourth-order valence-corrected chi connectivity index (χ4v) is 3.69. The summed E-state index contributed by atoms with van der Waals surface area (Å²) in [6, 6.07) is 2.87. The molecule has 0 N–H and O–H groups in total. The summed E-state index contributed by atoms with van der Waals surface area (Å²) in [6.45, 7) is 8.60. The lowest BCUT2D eigenvalue weighted by Gasteiger charge is -2.28. The summed E-state index contributed by atoms with van der Waals surface area (Å²) in [6.07, 6.45) is -1.30. The van der Waals surface area contributed by atoms with Crippen LogP contribution in [0.4, 0.5) is 18.0 Å². The van der Waals surface area contributed by atoms with Gasteiger partial charge in [0.05, 0.1) is 22.4 Å². The molecule has 30 heavy (non-hydrogen) atoms. The quantitative estimate of drug-likeness (QED) is 0.616. The van der Waals surface area contributed by atoms with E-state index < -0.39 is 57.5 Å². The van der Waals surface area contributed by atoms with Crippen LogP contribution in [0.25, 0.3) is 0 Å². The number of rotatable bonds is 3. The van der Waals surface area contributed by atoms with E-state index in [1.165, 1.54) is 18.2 Å². The molecule has 2 rings (SSSR count). The third-order valence-corrected chi connectivity index (χ3v) is 5.92. The molecular weight excluding hydrogens is 441 g/mol. The molecule has 2 unspecified atom stereocenters. The van der Waals surface area contributed by atoms with Crippen LogP contribution in [-0.4, -0.2) is 49.8 Å². The van der Waals surface area contributed by atoms with Crippen molar-refractivity contribution in [3.63, 3.8) is 0 Å². The van der Waals surface area contributed by atoms with Crippen molar-refractivity contribution in [2.75, 3.05) is 6.54 Å². The number of alkyl halides is 2. The molecule has 1 aromatic carbocycles. The molecule has 5 nitrogen and oxygen atoms in total. The SMILES string of the molecule is CC(C)(C)OC(=O)N1CC(F)(F)/C(=N\S(=O)C(C)(C)C)C1Cc1cccc(Cl)c1F. The summed E-state index contributed by atoms with van der Waals surface area (Å²) >= 11 is 5.81. The highest BCUT2D eigenvalue weighted by Crippen LogP contribution is 2.35. The van der Waals surface area contributed by atoms with E-state index in [2.05, 4.69) is 4.40 Å². The van der Waals surface area contributed by atoms with Gasteiger partial charge in [-0.1, -0.05) is 23.7 Å². The molecule has 0 radical (unpaired) electrons. The molecule has 0 bridgehead atoms. The van der Waals surface area contributed by atoms with E-state index in [1.54, 1.807) is 41.5 Å². The standard InChI is InChI=1S/C20H26ClF3N2O3S/c1-18(2,3)29-17(27)26-11-20(23,24)16(25-30(28)19(4,5)6)14(26)10-12-8-7-9-13(21)15(12)22/h7-9,14H,10-11H2,1-6H3/b25-16-. The number of amides is 1. The Morgan fingerprint density at radius 1 is 1.30 bits per heavy atom. The van der Waals surface area contributed by atoms with E-state index in [1.807, 2.05) is 0 Å². The first-order valence-corrected chi connectivity index (χ1v) is 10.8. The molecule has 168 valence electrons. The zero-order valence-corrected chi connectivity index (χ0v) is 19.3. The molecule has 1 aliphatic heterocycles. The van der Waals surface area contributed by atoms with E-state index in [0.29, 0.717) is 0 Å². The lowest BCUT2D eigenvalue weighted by atomic mass is 10.0. The summed E-state index contributed by atoms with van der Waals surface area (Å²) in [5, 5.41) is -0.169. The molecule has 1 amide bonds. The average Bonchev–Trinajstić information content (AvgIpc) is 2.81. The molecule has 0 aliphatic carbocycles. The molecule has 1 aliphatic rings. The largest absolute Gasteiger partial charge is 0.444 e. The van der Waals surface area contributed by atoms with Crippen LogP contribution >= 0.6 is 11.6 Å². The van der Waals surface area contributed by atoms with Gasteiger partial charge in [-0.05, 0) is 53.2 Å². The van der Waals surface area contributed by atoms with Gasteiger partial charge in [0.25, 0.3) is 0 Å². The second-order valence-corrected chi connectivity index (χ2v) is 11.4. The lowest BCUT2D eigenvalue weighted by Crippen LogP contribution is -2.43. The first kappa shape index (κ1) is 24.7. The zero-order valence-electron chi connectivity index (χ0n) is 17.8. The van der Waals surface area contributed by atoms with E-state index in [4.69, 9.17) is 16.3 Å². The lowest BCUT2D eigenvalue weighted by molar-refractivity contribution is 0.00812. The van der Waals surface area contributed by atoms with Crippen molar-refractivity contribution in [1.29, 1.82) is 0 Å². The number of ether oxygens (including phenoxy) is 1. The van der Waals surface area contributed by atoms with E-state index in [9.17, 15) is 22.2 Å². The Hall–Kier alpha value is -1.61. The van der Waals surface area contributed by atoms with Crippen LogP contribution in [0.2, 0.25) is 5.02 Å². The third kappa shape index (κ3) is 5.75. The van der Waals surface area contributed by atoms with Gasteiger partial charge in [-0.25, -0.2) is 13.4 Å². The summed E-state index contributed by atoms with van der Waals surface area (Å²) < 4.78 is 64.9. The molecule has 1 heterocycles. The fourth-order valence-electron chi connectivity index (χ4n) is 2.78. The number of carbonyl (C=O) groups excluding carboxylic acids is 1. The second-order valence-electron chi connectivity index (χ2n) is 9.08. The van der Waals surface area contributed by atoms with Crippen LogP contribution in [0, 0.1) is 5.82 Å². The minimum absolute atomic E-state index is 0.0352. The Labute approximate surface area is 182 Å². The van der Waals surface area contributed by atoms with Crippen LogP contribution < -0.4 is 0 Å². The van der Waals surface area contributed by atoms with Crippen molar-refractivity contribution >= 4 is 34.4 Å². The summed E-state index contributed by atoms with van der Waals surface area (Å²) in [4.78, 5) is 13.5. The molecule has 0 spiro atoms. The highest BCUT2D eigenvalue weighted by molar-refractivity contribution is 7.85. The maximum absolute atomic E-state index is 14.9. The highest BCUT2D eigenvalue weighted by atomic mass is 35.5. The molecular formula is C20H26ClF3N2O3S. The number of benzene rings is 1. The minimum Gasteiger partial charge on any atom is -0.444 e. The van der Waals surface area contributed by atoms with Crippen molar-refractivity contribution in [2.45, 2.75) is 70.3 Å².